The Labute approximate surface area is 62.2 Å². The number of hydrogen-bond donors (Lipinski definition) is 2. The molecule has 1 rings (SSSR count). The predicted molar refractivity (Wildman–Crippen MR) is 42.5 cm³/mol. The molecule has 0 aliphatic carbocycles. The third kappa shape index (κ3) is 1.73. The van der Waals surface area contributed by atoms with E-state index < -0.39 is 0 Å². The molecule has 10 heavy (non-hydrogen) atoms. The zero-order valence-corrected chi connectivity index (χ0v) is 6.19. The standard InChI is InChI=1S/C8H14N2/c1-2-3-8(9)4-6-10-7-5-8/h1,10H,3-7,9H2. The van der Waals surface area contributed by atoms with Gasteiger partial charge in [-0.25, -0.2) is 0 Å². The highest BCUT2D eigenvalue weighted by Gasteiger charge is 2.25. The normalized spacial score (nSPS) is 23.6. The van der Waals surface area contributed by atoms with Gasteiger partial charge in [0, 0.05) is 12.0 Å². The molecule has 0 saturated carbocycles. The molecule has 1 fully saturated rings. The van der Waals surface area contributed by atoms with Gasteiger partial charge in [0.15, 0.2) is 0 Å². The molecule has 0 atom stereocenters. The molecule has 1 aliphatic heterocycles. The number of nitrogens with one attached hydrogen (secondary N) is 1. The van der Waals surface area contributed by atoms with E-state index in [0.717, 1.165) is 25.9 Å². The van der Waals surface area contributed by atoms with E-state index in [2.05, 4.69) is 11.2 Å². The van der Waals surface area contributed by atoms with Crippen molar-refractivity contribution in [2.24, 2.45) is 5.73 Å². The molecule has 1 heterocycles. The summed E-state index contributed by atoms with van der Waals surface area (Å²) in [6.45, 7) is 2.02. The highest BCUT2D eigenvalue weighted by atomic mass is 14.9. The van der Waals surface area contributed by atoms with Gasteiger partial charge in [0.2, 0.25) is 0 Å². The Balaban J connectivity index is 2.42. The summed E-state index contributed by atoms with van der Waals surface area (Å²) in [5, 5.41) is 3.25. The maximum absolute atomic E-state index is 5.99. The zero-order valence-electron chi connectivity index (χ0n) is 6.19. The van der Waals surface area contributed by atoms with Crippen molar-refractivity contribution in [3.8, 4) is 12.3 Å². The van der Waals surface area contributed by atoms with Crippen molar-refractivity contribution >= 4 is 0 Å². The summed E-state index contributed by atoms with van der Waals surface area (Å²) >= 11 is 0. The minimum atomic E-state index is -0.0694. The van der Waals surface area contributed by atoms with Crippen LogP contribution in [0.25, 0.3) is 0 Å². The first-order valence-electron chi connectivity index (χ1n) is 3.70. The van der Waals surface area contributed by atoms with Crippen LogP contribution in [0, 0.1) is 12.3 Å². The van der Waals surface area contributed by atoms with Crippen LogP contribution in [-0.4, -0.2) is 18.6 Å². The van der Waals surface area contributed by atoms with Gasteiger partial charge in [-0.1, -0.05) is 0 Å². The quantitative estimate of drug-likeness (QED) is 0.504. The van der Waals surface area contributed by atoms with E-state index >= 15 is 0 Å². The van der Waals surface area contributed by atoms with Gasteiger partial charge >= 0.3 is 0 Å². The molecule has 0 aromatic heterocycles. The molecule has 56 valence electrons. The largest absolute Gasteiger partial charge is 0.324 e. The molecule has 0 bridgehead atoms. The van der Waals surface area contributed by atoms with E-state index in [4.69, 9.17) is 12.2 Å². The second-order valence-electron chi connectivity index (χ2n) is 2.99. The Morgan fingerprint density at radius 3 is 2.60 bits per heavy atom. The Morgan fingerprint density at radius 2 is 2.10 bits per heavy atom. The fraction of sp³-hybridized carbons (Fsp3) is 0.750. The van der Waals surface area contributed by atoms with Crippen LogP contribution in [-0.2, 0) is 0 Å². The van der Waals surface area contributed by atoms with Crippen molar-refractivity contribution in [1.29, 1.82) is 0 Å². The van der Waals surface area contributed by atoms with Crippen LogP contribution in [0.2, 0.25) is 0 Å². The zero-order chi connectivity index (χ0) is 7.45. The van der Waals surface area contributed by atoms with Crippen molar-refractivity contribution in [2.45, 2.75) is 24.8 Å². The number of hydrogen-bond acceptors (Lipinski definition) is 2. The summed E-state index contributed by atoms with van der Waals surface area (Å²) in [7, 11) is 0. The van der Waals surface area contributed by atoms with Crippen molar-refractivity contribution in [3.63, 3.8) is 0 Å². The van der Waals surface area contributed by atoms with Crippen LogP contribution in [0.1, 0.15) is 19.3 Å². The highest BCUT2D eigenvalue weighted by Crippen LogP contribution is 2.17. The molecule has 3 N–H and O–H groups in total. The topological polar surface area (TPSA) is 38.0 Å². The average molecular weight is 138 g/mol. The first-order chi connectivity index (χ1) is 4.77. The molecule has 0 spiro atoms. The molecule has 0 amide bonds. The molecule has 1 saturated heterocycles. The number of nitrogens with two attached hydrogens (primary N) is 1. The molecule has 2 nitrogen and oxygen atoms in total. The molecular formula is C8H14N2. The predicted octanol–water partition coefficient (Wildman–Crippen LogP) is 0.0906. The average Bonchev–Trinajstić information content (AvgIpc) is 1.89. The van der Waals surface area contributed by atoms with Crippen LogP contribution in [0.5, 0.6) is 0 Å². The summed E-state index contributed by atoms with van der Waals surface area (Å²) < 4.78 is 0. The van der Waals surface area contributed by atoms with E-state index in [1.807, 2.05) is 0 Å². The fourth-order valence-corrected chi connectivity index (χ4v) is 1.30. The SMILES string of the molecule is C#CCC1(N)CCNCC1. The Morgan fingerprint density at radius 1 is 1.50 bits per heavy atom. The smallest absolute Gasteiger partial charge is 0.0289 e. The van der Waals surface area contributed by atoms with Crippen LogP contribution in [0.4, 0.5) is 0 Å². The minimum absolute atomic E-state index is 0.0694. The molecule has 1 aliphatic rings. The maximum Gasteiger partial charge on any atom is 0.0289 e. The first kappa shape index (κ1) is 7.59. The van der Waals surface area contributed by atoms with Crippen LogP contribution in [0.15, 0.2) is 0 Å². The van der Waals surface area contributed by atoms with Gasteiger partial charge in [-0.2, -0.15) is 0 Å². The monoisotopic (exact) mass is 138 g/mol. The molecule has 0 aromatic rings. The minimum Gasteiger partial charge on any atom is -0.324 e. The van der Waals surface area contributed by atoms with Gasteiger partial charge in [-0.05, 0) is 25.9 Å². The number of terminal acetylenes is 1. The third-order valence-electron chi connectivity index (χ3n) is 2.05. The van der Waals surface area contributed by atoms with Crippen molar-refractivity contribution in [2.75, 3.05) is 13.1 Å². The van der Waals surface area contributed by atoms with Gasteiger partial charge in [0.1, 0.15) is 0 Å². The van der Waals surface area contributed by atoms with Gasteiger partial charge in [0.25, 0.3) is 0 Å². The first-order valence-corrected chi connectivity index (χ1v) is 3.70. The lowest BCUT2D eigenvalue weighted by Crippen LogP contribution is -2.48. The van der Waals surface area contributed by atoms with Crippen LogP contribution < -0.4 is 11.1 Å². The second kappa shape index (κ2) is 3.05. The lowest BCUT2D eigenvalue weighted by molar-refractivity contribution is 0.317. The maximum atomic E-state index is 5.99. The van der Waals surface area contributed by atoms with E-state index in [-0.39, 0.29) is 5.54 Å². The van der Waals surface area contributed by atoms with E-state index in [1.165, 1.54) is 0 Å². The second-order valence-corrected chi connectivity index (χ2v) is 2.99. The molecule has 0 unspecified atom stereocenters. The van der Waals surface area contributed by atoms with E-state index in [0.29, 0.717) is 6.42 Å². The summed E-state index contributed by atoms with van der Waals surface area (Å²) in [5.74, 6) is 2.63. The van der Waals surface area contributed by atoms with Crippen LogP contribution >= 0.6 is 0 Å². The molecule has 2 heteroatoms. The van der Waals surface area contributed by atoms with Gasteiger partial charge < -0.3 is 11.1 Å². The highest BCUT2D eigenvalue weighted by molar-refractivity contribution is 5.00. The van der Waals surface area contributed by atoms with Gasteiger partial charge in [-0.3, -0.25) is 0 Å². The number of rotatable bonds is 1. The Bertz CT molecular complexity index is 140. The van der Waals surface area contributed by atoms with Crippen molar-refractivity contribution in [1.82, 2.24) is 5.32 Å². The molecular weight excluding hydrogens is 124 g/mol. The Kier molecular flexibility index (Phi) is 2.31. The van der Waals surface area contributed by atoms with E-state index in [1.54, 1.807) is 0 Å². The lowest BCUT2D eigenvalue weighted by atomic mass is 9.87. The van der Waals surface area contributed by atoms with Crippen molar-refractivity contribution in [3.05, 3.63) is 0 Å². The fourth-order valence-electron chi connectivity index (χ4n) is 1.30. The lowest BCUT2D eigenvalue weighted by Gasteiger charge is -2.31. The summed E-state index contributed by atoms with van der Waals surface area (Å²) in [4.78, 5) is 0. The number of piperidine rings is 1. The summed E-state index contributed by atoms with van der Waals surface area (Å²) in [6, 6.07) is 0. The Hall–Kier alpha value is -0.520. The van der Waals surface area contributed by atoms with Crippen molar-refractivity contribution < 1.29 is 0 Å². The van der Waals surface area contributed by atoms with Gasteiger partial charge in [0.05, 0.1) is 0 Å². The van der Waals surface area contributed by atoms with E-state index in [9.17, 15) is 0 Å². The van der Waals surface area contributed by atoms with Gasteiger partial charge in [-0.15, -0.1) is 12.3 Å². The third-order valence-corrected chi connectivity index (χ3v) is 2.05. The molecule has 0 aromatic carbocycles. The molecule has 0 radical (unpaired) electrons. The summed E-state index contributed by atoms with van der Waals surface area (Å²) in [6.07, 6.45) is 7.93. The summed E-state index contributed by atoms with van der Waals surface area (Å²) in [5.41, 5.74) is 5.92. The van der Waals surface area contributed by atoms with Crippen LogP contribution in [0.3, 0.4) is 0 Å².